The monoisotopic (exact) mass is 587 g/mol. The Kier molecular flexibility index (Phi) is 6.06. The minimum Gasteiger partial charge on any atom is -0.256 e. The van der Waals surface area contributed by atoms with Crippen molar-refractivity contribution in [3.05, 3.63) is 152 Å². The topological polar surface area (TPSA) is 64.5 Å². The Bertz CT molecular complexity index is 2440. The fourth-order valence-corrected chi connectivity index (χ4v) is 6.39. The zero-order valence-corrected chi connectivity index (χ0v) is 24.7. The molecular weight excluding hydrogens is 562 g/mol. The lowest BCUT2D eigenvalue weighted by Crippen LogP contribution is -2.01. The summed E-state index contributed by atoms with van der Waals surface area (Å²) in [6.45, 7) is 0. The van der Waals surface area contributed by atoms with Crippen molar-refractivity contribution in [2.45, 2.75) is 0 Å². The van der Waals surface area contributed by atoms with Gasteiger partial charge in [0, 0.05) is 40.2 Å². The van der Waals surface area contributed by atoms with E-state index in [4.69, 9.17) is 15.0 Å². The number of hydrogen-bond acceptors (Lipinski definition) is 5. The maximum absolute atomic E-state index is 5.19. The second-order valence-electron chi connectivity index (χ2n) is 11.4. The first-order valence-electron chi connectivity index (χ1n) is 15.3. The van der Waals surface area contributed by atoms with Crippen molar-refractivity contribution in [3.8, 4) is 56.7 Å². The van der Waals surface area contributed by atoms with E-state index in [1.807, 2.05) is 79.1 Å². The fourth-order valence-electron chi connectivity index (χ4n) is 6.39. The number of hydrogen-bond donors (Lipinski definition) is 0. The van der Waals surface area contributed by atoms with Gasteiger partial charge in [0.2, 0.25) is 0 Å². The van der Waals surface area contributed by atoms with Crippen LogP contribution < -0.4 is 0 Å². The van der Waals surface area contributed by atoms with Crippen LogP contribution >= 0.6 is 0 Å². The quantitative estimate of drug-likeness (QED) is 0.188. The molecule has 0 aliphatic heterocycles. The zero-order valence-electron chi connectivity index (χ0n) is 24.7. The third-order valence-electron chi connectivity index (χ3n) is 8.55. The average Bonchev–Trinajstić information content (AvgIpc) is 3.14. The zero-order chi connectivity index (χ0) is 30.5. The van der Waals surface area contributed by atoms with Crippen LogP contribution in [0.4, 0.5) is 0 Å². The first-order chi connectivity index (χ1) is 22.8. The van der Waals surface area contributed by atoms with Gasteiger partial charge in [-0.05, 0) is 80.8 Å². The van der Waals surface area contributed by atoms with E-state index in [1.165, 1.54) is 26.9 Å². The Labute approximate surface area is 265 Å². The molecule has 0 N–H and O–H groups in total. The second-order valence-corrected chi connectivity index (χ2v) is 11.4. The van der Waals surface area contributed by atoms with E-state index in [0.717, 1.165) is 44.6 Å². The van der Waals surface area contributed by atoms with E-state index in [0.29, 0.717) is 17.5 Å². The molecule has 5 nitrogen and oxygen atoms in total. The minimum absolute atomic E-state index is 0.588. The van der Waals surface area contributed by atoms with Crippen molar-refractivity contribution in [2.24, 2.45) is 0 Å². The molecule has 46 heavy (non-hydrogen) atoms. The van der Waals surface area contributed by atoms with Crippen LogP contribution in [0.15, 0.2) is 152 Å². The van der Waals surface area contributed by atoms with Crippen LogP contribution in [0, 0.1) is 0 Å². The van der Waals surface area contributed by atoms with E-state index < -0.39 is 0 Å². The molecule has 0 bridgehead atoms. The van der Waals surface area contributed by atoms with E-state index >= 15 is 0 Å². The number of aromatic nitrogens is 5. The molecule has 0 saturated carbocycles. The summed E-state index contributed by atoms with van der Waals surface area (Å²) in [6.07, 6.45) is 3.62. The van der Waals surface area contributed by atoms with Gasteiger partial charge in [-0.25, -0.2) is 15.0 Å². The first-order valence-corrected chi connectivity index (χ1v) is 15.3. The van der Waals surface area contributed by atoms with Gasteiger partial charge < -0.3 is 0 Å². The summed E-state index contributed by atoms with van der Waals surface area (Å²) in [4.78, 5) is 24.7. The molecule has 3 aromatic heterocycles. The van der Waals surface area contributed by atoms with Crippen LogP contribution in [0.3, 0.4) is 0 Å². The van der Waals surface area contributed by atoms with Gasteiger partial charge in [0.1, 0.15) is 0 Å². The SMILES string of the molecule is c1ccc(-c2nc(-c3cc(-c4ccccn4)cc(-c4ccccn4)c3)nc(-c3ccc4ccc5cccc6ccc3c4c56)n2)cc1. The van der Waals surface area contributed by atoms with Gasteiger partial charge in [0.25, 0.3) is 0 Å². The molecule has 0 atom stereocenters. The maximum atomic E-state index is 5.19. The molecule has 3 heterocycles. The third kappa shape index (κ3) is 4.45. The lowest BCUT2D eigenvalue weighted by atomic mass is 9.92. The number of benzene rings is 6. The van der Waals surface area contributed by atoms with Crippen LogP contribution in [-0.4, -0.2) is 24.9 Å². The lowest BCUT2D eigenvalue weighted by Gasteiger charge is -2.15. The van der Waals surface area contributed by atoms with E-state index in [9.17, 15) is 0 Å². The third-order valence-corrected chi connectivity index (χ3v) is 8.55. The van der Waals surface area contributed by atoms with Crippen molar-refractivity contribution in [2.75, 3.05) is 0 Å². The molecule has 9 aromatic rings. The molecule has 214 valence electrons. The minimum atomic E-state index is 0.588. The Balaban J connectivity index is 1.31. The van der Waals surface area contributed by atoms with Crippen LogP contribution in [0.5, 0.6) is 0 Å². The van der Waals surface area contributed by atoms with Crippen molar-refractivity contribution in [3.63, 3.8) is 0 Å². The van der Waals surface area contributed by atoms with E-state index in [1.54, 1.807) is 0 Å². The Hall–Kier alpha value is -6.33. The summed E-state index contributed by atoms with van der Waals surface area (Å²) in [5.74, 6) is 1.84. The van der Waals surface area contributed by atoms with Gasteiger partial charge in [-0.2, -0.15) is 0 Å². The normalized spacial score (nSPS) is 11.5. The van der Waals surface area contributed by atoms with Crippen molar-refractivity contribution in [1.29, 1.82) is 0 Å². The van der Waals surface area contributed by atoms with Crippen LogP contribution in [-0.2, 0) is 0 Å². The molecule has 0 saturated heterocycles. The molecule has 0 aliphatic carbocycles. The highest BCUT2D eigenvalue weighted by atomic mass is 15.0. The maximum Gasteiger partial charge on any atom is 0.164 e. The van der Waals surface area contributed by atoms with Gasteiger partial charge in [-0.15, -0.1) is 0 Å². The van der Waals surface area contributed by atoms with Gasteiger partial charge in [-0.3, -0.25) is 9.97 Å². The predicted molar refractivity (Wildman–Crippen MR) is 186 cm³/mol. The Morgan fingerprint density at radius 1 is 0.348 bits per heavy atom. The fraction of sp³-hybridized carbons (Fsp3) is 0. The van der Waals surface area contributed by atoms with Crippen LogP contribution in [0.1, 0.15) is 0 Å². The summed E-state index contributed by atoms with van der Waals surface area (Å²) in [7, 11) is 0. The smallest absolute Gasteiger partial charge is 0.164 e. The number of nitrogens with zero attached hydrogens (tertiary/aromatic N) is 5. The molecule has 6 aromatic carbocycles. The van der Waals surface area contributed by atoms with Gasteiger partial charge in [0.05, 0.1) is 11.4 Å². The molecule has 0 spiro atoms. The van der Waals surface area contributed by atoms with Crippen molar-refractivity contribution < 1.29 is 0 Å². The summed E-state index contributed by atoms with van der Waals surface area (Å²) in [5, 5.41) is 7.26. The van der Waals surface area contributed by atoms with Gasteiger partial charge >= 0.3 is 0 Å². The molecule has 0 aliphatic rings. The largest absolute Gasteiger partial charge is 0.256 e. The summed E-state index contributed by atoms with van der Waals surface area (Å²) >= 11 is 0. The summed E-state index contributed by atoms with van der Waals surface area (Å²) in [6, 6.07) is 47.9. The Morgan fingerprint density at radius 3 is 1.54 bits per heavy atom. The lowest BCUT2D eigenvalue weighted by molar-refractivity contribution is 1.08. The highest BCUT2D eigenvalue weighted by Crippen LogP contribution is 2.39. The average molecular weight is 588 g/mol. The predicted octanol–water partition coefficient (Wildman–Crippen LogP) is 9.89. The van der Waals surface area contributed by atoms with Crippen LogP contribution in [0.2, 0.25) is 0 Å². The second kappa shape index (κ2) is 10.7. The van der Waals surface area contributed by atoms with Crippen LogP contribution in [0.25, 0.3) is 89.0 Å². The highest BCUT2D eigenvalue weighted by Gasteiger charge is 2.18. The molecular formula is C41H25N5. The van der Waals surface area contributed by atoms with Crippen molar-refractivity contribution in [1.82, 2.24) is 24.9 Å². The molecule has 0 radical (unpaired) electrons. The molecule has 9 rings (SSSR count). The van der Waals surface area contributed by atoms with E-state index in [2.05, 4.69) is 82.8 Å². The standard InChI is InChI=1S/C41H25N5/c1-2-9-29(10-3-1)39-44-40(32-24-30(35-13-4-6-21-42-35)23-31(25-32)36-14-5-7-22-43-36)46-41(45-39)34-20-18-28-16-15-26-11-8-12-27-17-19-33(34)38(28)37(26)27/h1-25H. The number of pyridine rings is 2. The molecule has 5 heteroatoms. The molecule has 0 fully saturated rings. The molecule has 0 amide bonds. The van der Waals surface area contributed by atoms with Gasteiger partial charge in [0.15, 0.2) is 17.5 Å². The van der Waals surface area contributed by atoms with E-state index in [-0.39, 0.29) is 0 Å². The first kappa shape index (κ1) is 26.1. The highest BCUT2D eigenvalue weighted by molar-refractivity contribution is 6.25. The van der Waals surface area contributed by atoms with Gasteiger partial charge in [-0.1, -0.05) is 91.0 Å². The van der Waals surface area contributed by atoms with Crippen molar-refractivity contribution >= 4 is 32.3 Å². The summed E-state index contributed by atoms with van der Waals surface area (Å²) < 4.78 is 0. The molecule has 0 unspecified atom stereocenters. The number of rotatable bonds is 5. The Morgan fingerprint density at radius 2 is 0.891 bits per heavy atom. The summed E-state index contributed by atoms with van der Waals surface area (Å²) in [5.41, 5.74) is 6.42.